The number of aromatic nitrogens is 2. The van der Waals surface area contributed by atoms with Crippen LogP contribution >= 0.6 is 0 Å². The van der Waals surface area contributed by atoms with Gasteiger partial charge in [-0.25, -0.2) is 4.98 Å². The van der Waals surface area contributed by atoms with E-state index in [1.165, 1.54) is 12.1 Å². The summed E-state index contributed by atoms with van der Waals surface area (Å²) in [5.41, 5.74) is 2.54. The van der Waals surface area contributed by atoms with Gasteiger partial charge in [0.15, 0.2) is 6.61 Å². The normalized spacial score (nSPS) is 11.4. The van der Waals surface area contributed by atoms with Crippen LogP contribution in [0.15, 0.2) is 48.8 Å². The molecule has 26 heavy (non-hydrogen) atoms. The molecular formula is C18H14F3N3O2. The van der Waals surface area contributed by atoms with Crippen molar-refractivity contribution >= 4 is 22.5 Å². The summed E-state index contributed by atoms with van der Waals surface area (Å²) in [4.78, 5) is 20.4. The summed E-state index contributed by atoms with van der Waals surface area (Å²) in [5.74, 6) is -0.641. The molecule has 0 aliphatic rings. The first kappa shape index (κ1) is 17.7. The number of hydrogen-bond acceptors (Lipinski definition) is 4. The van der Waals surface area contributed by atoms with E-state index in [1.54, 1.807) is 18.3 Å². The third kappa shape index (κ3) is 4.08. The van der Waals surface area contributed by atoms with Crippen LogP contribution in [0.4, 0.5) is 18.9 Å². The van der Waals surface area contributed by atoms with Gasteiger partial charge in [-0.1, -0.05) is 6.07 Å². The summed E-state index contributed by atoms with van der Waals surface area (Å²) in [6.07, 6.45) is -1.61. The SMILES string of the molecule is Cc1ccc(NC(=O)c2ccc(OCC(F)(F)F)nc2)c2cccnc12. The number of benzene rings is 1. The van der Waals surface area contributed by atoms with E-state index in [2.05, 4.69) is 20.0 Å². The van der Waals surface area contributed by atoms with E-state index in [-0.39, 0.29) is 11.4 Å². The molecule has 2 aromatic heterocycles. The molecule has 8 heteroatoms. The van der Waals surface area contributed by atoms with E-state index in [0.717, 1.165) is 22.7 Å². The van der Waals surface area contributed by atoms with Crippen LogP contribution < -0.4 is 10.1 Å². The van der Waals surface area contributed by atoms with E-state index < -0.39 is 18.7 Å². The molecule has 0 aliphatic carbocycles. The number of nitrogens with one attached hydrogen (secondary N) is 1. The Morgan fingerprint density at radius 1 is 1.15 bits per heavy atom. The molecule has 1 amide bonds. The van der Waals surface area contributed by atoms with Gasteiger partial charge in [-0.3, -0.25) is 9.78 Å². The van der Waals surface area contributed by atoms with Crippen LogP contribution in [0.2, 0.25) is 0 Å². The molecule has 3 rings (SSSR count). The zero-order valence-electron chi connectivity index (χ0n) is 13.7. The number of halogens is 3. The average molecular weight is 361 g/mol. The maximum absolute atomic E-state index is 12.4. The van der Waals surface area contributed by atoms with Crippen LogP contribution in [0.25, 0.3) is 10.9 Å². The smallest absolute Gasteiger partial charge is 0.422 e. The summed E-state index contributed by atoms with van der Waals surface area (Å²) < 4.78 is 40.9. The second-order valence-corrected chi connectivity index (χ2v) is 5.57. The highest BCUT2D eigenvalue weighted by Crippen LogP contribution is 2.25. The molecule has 5 nitrogen and oxygen atoms in total. The Labute approximate surface area is 146 Å². The van der Waals surface area contributed by atoms with E-state index in [1.807, 2.05) is 19.1 Å². The number of pyridine rings is 2. The van der Waals surface area contributed by atoms with Gasteiger partial charge in [0.05, 0.1) is 16.8 Å². The Hall–Kier alpha value is -3.16. The van der Waals surface area contributed by atoms with Gasteiger partial charge < -0.3 is 10.1 Å². The van der Waals surface area contributed by atoms with Crippen LogP contribution in [0, 0.1) is 6.92 Å². The van der Waals surface area contributed by atoms with Crippen LogP contribution in [0.1, 0.15) is 15.9 Å². The predicted octanol–water partition coefficient (Wildman–Crippen LogP) is 4.13. The van der Waals surface area contributed by atoms with Crippen molar-refractivity contribution in [2.45, 2.75) is 13.1 Å². The van der Waals surface area contributed by atoms with Crippen LogP contribution in [-0.4, -0.2) is 28.7 Å². The molecule has 0 radical (unpaired) electrons. The molecule has 1 N–H and O–H groups in total. The number of alkyl halides is 3. The standard InChI is InChI=1S/C18H14F3N3O2/c1-11-4-6-14(13-3-2-8-22-16(11)13)24-17(25)12-5-7-15(23-9-12)26-10-18(19,20)21/h2-9H,10H2,1H3,(H,24,25). The van der Waals surface area contributed by atoms with Crippen molar-refractivity contribution in [3.05, 3.63) is 59.9 Å². The number of carbonyl (C=O) groups is 1. The second-order valence-electron chi connectivity index (χ2n) is 5.57. The molecule has 0 saturated carbocycles. The Morgan fingerprint density at radius 2 is 1.96 bits per heavy atom. The summed E-state index contributed by atoms with van der Waals surface area (Å²) >= 11 is 0. The van der Waals surface area contributed by atoms with Gasteiger partial charge in [-0.15, -0.1) is 0 Å². The average Bonchev–Trinajstić information content (AvgIpc) is 2.62. The highest BCUT2D eigenvalue weighted by molar-refractivity contribution is 6.08. The zero-order valence-corrected chi connectivity index (χ0v) is 13.7. The molecule has 0 atom stereocenters. The van der Waals surface area contributed by atoms with Crippen molar-refractivity contribution in [2.75, 3.05) is 11.9 Å². The fourth-order valence-electron chi connectivity index (χ4n) is 2.37. The molecule has 0 unspecified atom stereocenters. The van der Waals surface area contributed by atoms with Crippen LogP contribution in [0.3, 0.4) is 0 Å². The Balaban J connectivity index is 1.76. The third-order valence-corrected chi connectivity index (χ3v) is 3.60. The minimum atomic E-state index is -4.45. The lowest BCUT2D eigenvalue weighted by Crippen LogP contribution is -2.19. The number of hydrogen-bond donors (Lipinski definition) is 1. The minimum Gasteiger partial charge on any atom is -0.468 e. The van der Waals surface area contributed by atoms with Crippen LogP contribution in [-0.2, 0) is 0 Å². The largest absolute Gasteiger partial charge is 0.468 e. The highest BCUT2D eigenvalue weighted by Gasteiger charge is 2.28. The zero-order chi connectivity index (χ0) is 18.7. The van der Waals surface area contributed by atoms with Crippen molar-refractivity contribution in [1.29, 1.82) is 0 Å². The number of rotatable bonds is 4. The fourth-order valence-corrected chi connectivity index (χ4v) is 2.37. The maximum Gasteiger partial charge on any atom is 0.422 e. The highest BCUT2D eigenvalue weighted by atomic mass is 19.4. The Bertz CT molecular complexity index is 941. The lowest BCUT2D eigenvalue weighted by Gasteiger charge is -2.11. The summed E-state index contributed by atoms with van der Waals surface area (Å²) in [6.45, 7) is 0.485. The number of aryl methyl sites for hydroxylation is 1. The molecule has 0 bridgehead atoms. The third-order valence-electron chi connectivity index (χ3n) is 3.60. The molecular weight excluding hydrogens is 347 g/mol. The van der Waals surface area contributed by atoms with Gasteiger partial charge in [0.25, 0.3) is 5.91 Å². The van der Waals surface area contributed by atoms with Crippen molar-refractivity contribution in [3.8, 4) is 5.88 Å². The first-order chi connectivity index (χ1) is 12.3. The van der Waals surface area contributed by atoms with E-state index in [9.17, 15) is 18.0 Å². The van der Waals surface area contributed by atoms with Crippen LogP contribution in [0.5, 0.6) is 5.88 Å². The second kappa shape index (κ2) is 6.99. The minimum absolute atomic E-state index is 0.196. The number of carbonyl (C=O) groups excluding carboxylic acids is 1. The monoisotopic (exact) mass is 361 g/mol. The van der Waals surface area contributed by atoms with E-state index in [4.69, 9.17) is 0 Å². The number of ether oxygens (including phenoxy) is 1. The van der Waals surface area contributed by atoms with Gasteiger partial charge in [0.1, 0.15) is 0 Å². The Kier molecular flexibility index (Phi) is 4.75. The van der Waals surface area contributed by atoms with Crippen molar-refractivity contribution in [1.82, 2.24) is 9.97 Å². The fraction of sp³-hybridized carbons (Fsp3) is 0.167. The van der Waals surface area contributed by atoms with E-state index >= 15 is 0 Å². The van der Waals surface area contributed by atoms with Gasteiger partial charge in [-0.05, 0) is 36.8 Å². The number of fused-ring (bicyclic) bond motifs is 1. The number of anilines is 1. The lowest BCUT2D eigenvalue weighted by molar-refractivity contribution is -0.154. The molecule has 3 aromatic rings. The summed E-state index contributed by atoms with van der Waals surface area (Å²) in [5, 5.41) is 3.56. The predicted molar refractivity (Wildman–Crippen MR) is 90.2 cm³/mol. The number of nitrogens with zero attached hydrogens (tertiary/aromatic N) is 2. The summed E-state index contributed by atoms with van der Waals surface area (Å²) in [7, 11) is 0. The molecule has 134 valence electrons. The van der Waals surface area contributed by atoms with Crippen molar-refractivity contribution in [3.63, 3.8) is 0 Å². The molecule has 1 aromatic carbocycles. The first-order valence-corrected chi connectivity index (χ1v) is 7.65. The molecule has 0 fully saturated rings. The quantitative estimate of drug-likeness (QED) is 0.759. The molecule has 0 aliphatic heterocycles. The van der Waals surface area contributed by atoms with Crippen molar-refractivity contribution in [2.24, 2.45) is 0 Å². The van der Waals surface area contributed by atoms with Gasteiger partial charge in [-0.2, -0.15) is 13.2 Å². The Morgan fingerprint density at radius 3 is 2.65 bits per heavy atom. The number of amides is 1. The lowest BCUT2D eigenvalue weighted by atomic mass is 10.1. The van der Waals surface area contributed by atoms with E-state index in [0.29, 0.717) is 5.69 Å². The van der Waals surface area contributed by atoms with Gasteiger partial charge in [0, 0.05) is 23.8 Å². The molecule has 0 spiro atoms. The molecule has 2 heterocycles. The first-order valence-electron chi connectivity index (χ1n) is 7.65. The molecule has 0 saturated heterocycles. The maximum atomic E-state index is 12.4. The topological polar surface area (TPSA) is 64.1 Å². The van der Waals surface area contributed by atoms with Crippen molar-refractivity contribution < 1.29 is 22.7 Å². The van der Waals surface area contributed by atoms with Gasteiger partial charge in [0.2, 0.25) is 5.88 Å². The summed E-state index contributed by atoms with van der Waals surface area (Å²) in [6, 6.07) is 9.80. The van der Waals surface area contributed by atoms with Gasteiger partial charge >= 0.3 is 6.18 Å².